The van der Waals surface area contributed by atoms with Crippen molar-refractivity contribution in [2.75, 3.05) is 0 Å². The second-order valence-corrected chi connectivity index (χ2v) is 4.75. The molecule has 0 aliphatic carbocycles. The highest BCUT2D eigenvalue weighted by atomic mass is 16.5. The van der Waals surface area contributed by atoms with Gasteiger partial charge in [-0.05, 0) is 25.7 Å². The topological polar surface area (TPSA) is 33.0 Å². The normalized spacial score (nSPS) is 40.0. The Morgan fingerprint density at radius 3 is 2.79 bits per heavy atom. The lowest BCUT2D eigenvalue weighted by molar-refractivity contribution is 0.0755. The van der Waals surface area contributed by atoms with Crippen molar-refractivity contribution in [1.82, 2.24) is 0 Å². The van der Waals surface area contributed by atoms with Crippen molar-refractivity contribution in [2.45, 2.75) is 64.1 Å². The molecule has 2 nitrogen and oxygen atoms in total. The molecule has 0 N–H and O–H groups in total. The van der Waals surface area contributed by atoms with Gasteiger partial charge in [-0.2, -0.15) is 5.26 Å². The molecule has 78 valence electrons. The average molecular weight is 193 g/mol. The van der Waals surface area contributed by atoms with Crippen LogP contribution < -0.4 is 0 Å². The average Bonchev–Trinajstić information content (AvgIpc) is 2.78. The molecule has 2 bridgehead atoms. The third-order valence-corrected chi connectivity index (χ3v) is 3.76. The molecule has 2 fully saturated rings. The number of unbranched alkanes of at least 4 members (excludes halogenated alkanes) is 2. The van der Waals surface area contributed by atoms with Gasteiger partial charge in [0.1, 0.15) is 0 Å². The first-order valence-electron chi connectivity index (χ1n) is 5.87. The van der Waals surface area contributed by atoms with E-state index in [9.17, 15) is 5.26 Å². The minimum Gasteiger partial charge on any atom is -0.373 e. The summed E-state index contributed by atoms with van der Waals surface area (Å²) in [4.78, 5) is 0. The van der Waals surface area contributed by atoms with Crippen LogP contribution in [0.15, 0.2) is 0 Å². The molecule has 0 aromatic carbocycles. The van der Waals surface area contributed by atoms with Crippen molar-refractivity contribution in [2.24, 2.45) is 5.41 Å². The van der Waals surface area contributed by atoms with Gasteiger partial charge in [0.2, 0.25) is 0 Å². The lowest BCUT2D eigenvalue weighted by atomic mass is 9.72. The van der Waals surface area contributed by atoms with Gasteiger partial charge in [-0.3, -0.25) is 0 Å². The first-order chi connectivity index (χ1) is 6.80. The summed E-state index contributed by atoms with van der Waals surface area (Å²) in [6, 6.07) is 2.54. The van der Waals surface area contributed by atoms with Gasteiger partial charge < -0.3 is 4.74 Å². The van der Waals surface area contributed by atoms with Gasteiger partial charge in [0.15, 0.2) is 0 Å². The molecule has 0 saturated carbocycles. The standard InChI is InChI=1S/C12H19NO/c1-2-3-4-7-12(9-13)8-10-5-6-11(12)14-10/h10-11H,2-8H2,1H3. The van der Waals surface area contributed by atoms with E-state index in [2.05, 4.69) is 13.0 Å². The van der Waals surface area contributed by atoms with Crippen LogP contribution in [0.5, 0.6) is 0 Å². The summed E-state index contributed by atoms with van der Waals surface area (Å²) >= 11 is 0. The molecule has 2 heteroatoms. The van der Waals surface area contributed by atoms with Crippen LogP contribution in [-0.4, -0.2) is 12.2 Å². The van der Waals surface area contributed by atoms with E-state index in [1.807, 2.05) is 0 Å². The molecule has 2 saturated heterocycles. The summed E-state index contributed by atoms with van der Waals surface area (Å²) in [5.41, 5.74) is -0.113. The Balaban J connectivity index is 1.95. The van der Waals surface area contributed by atoms with Crippen molar-refractivity contribution in [3.05, 3.63) is 0 Å². The number of fused-ring (bicyclic) bond motifs is 2. The van der Waals surface area contributed by atoms with Crippen molar-refractivity contribution < 1.29 is 4.74 Å². The molecular weight excluding hydrogens is 174 g/mol. The molecule has 3 atom stereocenters. The molecule has 2 rings (SSSR count). The number of hydrogen-bond donors (Lipinski definition) is 0. The first kappa shape index (κ1) is 9.98. The maximum atomic E-state index is 9.31. The largest absolute Gasteiger partial charge is 0.373 e. The van der Waals surface area contributed by atoms with E-state index in [1.54, 1.807) is 0 Å². The molecule has 2 aliphatic rings. The van der Waals surface area contributed by atoms with Crippen molar-refractivity contribution in [3.63, 3.8) is 0 Å². The summed E-state index contributed by atoms with van der Waals surface area (Å²) in [7, 11) is 0. The van der Waals surface area contributed by atoms with Crippen LogP contribution in [0.2, 0.25) is 0 Å². The molecule has 0 aromatic rings. The van der Waals surface area contributed by atoms with Crippen molar-refractivity contribution in [3.8, 4) is 6.07 Å². The quantitative estimate of drug-likeness (QED) is 0.643. The van der Waals surface area contributed by atoms with E-state index in [0.717, 1.165) is 19.3 Å². The van der Waals surface area contributed by atoms with E-state index >= 15 is 0 Å². The zero-order valence-corrected chi connectivity index (χ0v) is 8.96. The number of ether oxygens (including phenoxy) is 1. The predicted molar refractivity (Wildman–Crippen MR) is 54.7 cm³/mol. The van der Waals surface area contributed by atoms with E-state index < -0.39 is 0 Å². The third kappa shape index (κ3) is 1.54. The summed E-state index contributed by atoms with van der Waals surface area (Å²) in [5, 5.41) is 9.31. The van der Waals surface area contributed by atoms with Gasteiger partial charge in [0.25, 0.3) is 0 Å². The highest BCUT2D eigenvalue weighted by Gasteiger charge is 2.52. The Bertz CT molecular complexity index is 245. The number of hydrogen-bond acceptors (Lipinski definition) is 2. The SMILES string of the molecule is CCCCCC1(C#N)CC2CCC1O2. The Kier molecular flexibility index (Phi) is 2.78. The molecule has 2 heterocycles. The van der Waals surface area contributed by atoms with Crippen LogP contribution >= 0.6 is 0 Å². The highest BCUT2D eigenvalue weighted by Crippen LogP contribution is 2.50. The van der Waals surface area contributed by atoms with E-state index in [0.29, 0.717) is 6.10 Å². The van der Waals surface area contributed by atoms with E-state index in [-0.39, 0.29) is 11.5 Å². The smallest absolute Gasteiger partial charge is 0.0859 e. The minimum absolute atomic E-state index is 0.113. The fourth-order valence-corrected chi connectivity index (χ4v) is 2.93. The van der Waals surface area contributed by atoms with Crippen LogP contribution in [0.3, 0.4) is 0 Å². The Labute approximate surface area is 86.2 Å². The minimum atomic E-state index is -0.113. The van der Waals surface area contributed by atoms with Crippen molar-refractivity contribution in [1.29, 1.82) is 5.26 Å². The summed E-state index contributed by atoms with van der Waals surface area (Å²) in [6.07, 6.45) is 8.69. The molecule has 0 radical (unpaired) electrons. The Hall–Kier alpha value is -0.550. The zero-order valence-electron chi connectivity index (χ0n) is 8.96. The van der Waals surface area contributed by atoms with Crippen molar-refractivity contribution >= 4 is 0 Å². The molecule has 14 heavy (non-hydrogen) atoms. The molecular formula is C12H19NO. The van der Waals surface area contributed by atoms with Gasteiger partial charge in [-0.15, -0.1) is 0 Å². The molecule has 2 aliphatic heterocycles. The summed E-state index contributed by atoms with van der Waals surface area (Å²) in [5.74, 6) is 0. The van der Waals surface area contributed by atoms with Gasteiger partial charge in [0, 0.05) is 0 Å². The number of nitriles is 1. The number of rotatable bonds is 4. The lowest BCUT2D eigenvalue weighted by Crippen LogP contribution is -2.30. The zero-order chi connectivity index (χ0) is 10.0. The molecule has 0 amide bonds. The van der Waals surface area contributed by atoms with Gasteiger partial charge >= 0.3 is 0 Å². The lowest BCUT2D eigenvalue weighted by Gasteiger charge is -2.27. The second-order valence-electron chi connectivity index (χ2n) is 4.75. The maximum Gasteiger partial charge on any atom is 0.0859 e. The van der Waals surface area contributed by atoms with Gasteiger partial charge in [0.05, 0.1) is 23.7 Å². The Morgan fingerprint density at radius 1 is 1.43 bits per heavy atom. The van der Waals surface area contributed by atoms with E-state index in [4.69, 9.17) is 4.74 Å². The van der Waals surface area contributed by atoms with Crippen LogP contribution in [0.1, 0.15) is 51.9 Å². The van der Waals surface area contributed by atoms with Crippen LogP contribution in [-0.2, 0) is 4.74 Å². The maximum absolute atomic E-state index is 9.31. The van der Waals surface area contributed by atoms with Gasteiger partial charge in [-0.25, -0.2) is 0 Å². The van der Waals surface area contributed by atoms with Crippen LogP contribution in [0.25, 0.3) is 0 Å². The first-order valence-corrected chi connectivity index (χ1v) is 5.87. The fourth-order valence-electron chi connectivity index (χ4n) is 2.93. The van der Waals surface area contributed by atoms with Crippen LogP contribution in [0.4, 0.5) is 0 Å². The Morgan fingerprint density at radius 2 is 2.29 bits per heavy atom. The highest BCUT2D eigenvalue weighted by molar-refractivity contribution is 5.11. The van der Waals surface area contributed by atoms with Crippen LogP contribution in [0, 0.1) is 16.7 Å². The molecule has 0 aromatic heterocycles. The predicted octanol–water partition coefficient (Wildman–Crippen LogP) is 3.03. The van der Waals surface area contributed by atoms with Gasteiger partial charge in [-0.1, -0.05) is 26.2 Å². The summed E-state index contributed by atoms with van der Waals surface area (Å²) in [6.45, 7) is 2.20. The molecule has 0 spiro atoms. The van der Waals surface area contributed by atoms with E-state index in [1.165, 1.54) is 25.7 Å². The molecule has 3 unspecified atom stereocenters. The third-order valence-electron chi connectivity index (χ3n) is 3.76. The number of nitrogens with zero attached hydrogens (tertiary/aromatic N) is 1. The fraction of sp³-hybridized carbons (Fsp3) is 0.917. The monoisotopic (exact) mass is 193 g/mol. The summed E-state index contributed by atoms with van der Waals surface area (Å²) < 4.78 is 5.79. The second kappa shape index (κ2) is 3.90.